The molecular formula is C12H20. The van der Waals surface area contributed by atoms with Gasteiger partial charge in [0.15, 0.2) is 0 Å². The van der Waals surface area contributed by atoms with Crippen LogP contribution in [-0.4, -0.2) is 0 Å². The van der Waals surface area contributed by atoms with E-state index in [2.05, 4.69) is 52.0 Å². The van der Waals surface area contributed by atoms with Gasteiger partial charge >= 0.3 is 0 Å². The van der Waals surface area contributed by atoms with Gasteiger partial charge in [-0.05, 0) is 40.5 Å². The van der Waals surface area contributed by atoms with Crippen LogP contribution in [0.2, 0.25) is 0 Å². The number of unbranched alkanes of at least 4 members (excludes halogenated alkanes) is 1. The molecule has 0 nitrogen and oxygen atoms in total. The number of hydrogen-bond donors (Lipinski definition) is 0. The van der Waals surface area contributed by atoms with E-state index in [0.717, 1.165) is 12.8 Å². The largest absolute Gasteiger partial charge is 0.0917 e. The van der Waals surface area contributed by atoms with Crippen LogP contribution < -0.4 is 0 Å². The Morgan fingerprint density at radius 2 is 1.75 bits per heavy atom. The monoisotopic (exact) mass is 164 g/mol. The molecule has 0 heteroatoms. The van der Waals surface area contributed by atoms with Gasteiger partial charge in [0.1, 0.15) is 0 Å². The molecule has 0 fully saturated rings. The van der Waals surface area contributed by atoms with Crippen LogP contribution in [-0.2, 0) is 0 Å². The Kier molecular flexibility index (Phi) is 6.45. The second kappa shape index (κ2) is 6.90. The Bertz CT molecular complexity index is 188. The number of rotatable bonds is 4. The highest BCUT2D eigenvalue weighted by molar-refractivity contribution is 5.19. The summed E-state index contributed by atoms with van der Waals surface area (Å²) in [5.41, 5.74) is 2.74. The first kappa shape index (κ1) is 11.2. The minimum Gasteiger partial charge on any atom is -0.0917 e. The summed E-state index contributed by atoms with van der Waals surface area (Å²) < 4.78 is 0. The van der Waals surface area contributed by atoms with Crippen LogP contribution in [0.1, 0.15) is 40.5 Å². The molecule has 0 aromatic carbocycles. The molecule has 0 bridgehead atoms. The fraction of sp³-hybridized carbons (Fsp3) is 0.500. The van der Waals surface area contributed by atoms with Gasteiger partial charge < -0.3 is 0 Å². The Labute approximate surface area is 76.7 Å². The summed E-state index contributed by atoms with van der Waals surface area (Å²) in [6.07, 6.45) is 11.1. The lowest BCUT2D eigenvalue weighted by Gasteiger charge is -1.93. The molecule has 0 aliphatic carbocycles. The predicted molar refractivity (Wildman–Crippen MR) is 57.2 cm³/mol. The molecule has 0 saturated heterocycles. The predicted octanol–water partition coefficient (Wildman–Crippen LogP) is 4.26. The normalized spacial score (nSPS) is 12.2. The van der Waals surface area contributed by atoms with Crippen molar-refractivity contribution in [1.82, 2.24) is 0 Å². The van der Waals surface area contributed by atoms with Gasteiger partial charge in [-0.2, -0.15) is 0 Å². The van der Waals surface area contributed by atoms with Crippen molar-refractivity contribution in [3.8, 4) is 0 Å². The van der Waals surface area contributed by atoms with Gasteiger partial charge in [0.05, 0.1) is 0 Å². The molecule has 0 aromatic heterocycles. The minimum atomic E-state index is 1.15. The van der Waals surface area contributed by atoms with Gasteiger partial charge in [-0.15, -0.1) is 0 Å². The summed E-state index contributed by atoms with van der Waals surface area (Å²) in [6.45, 7) is 8.47. The molecule has 0 saturated carbocycles. The van der Waals surface area contributed by atoms with Crippen molar-refractivity contribution in [2.45, 2.75) is 40.5 Å². The highest BCUT2D eigenvalue weighted by Gasteiger charge is 1.82. The van der Waals surface area contributed by atoms with Gasteiger partial charge in [0, 0.05) is 0 Å². The average Bonchev–Trinajstić information content (AvgIpc) is 1.97. The fourth-order valence-corrected chi connectivity index (χ4v) is 1.09. The third-order valence-corrected chi connectivity index (χ3v) is 1.55. The zero-order valence-electron chi connectivity index (χ0n) is 8.72. The van der Waals surface area contributed by atoms with Crippen molar-refractivity contribution in [2.75, 3.05) is 0 Å². The number of hydrogen-bond acceptors (Lipinski definition) is 0. The maximum Gasteiger partial charge on any atom is -0.0310 e. The Balaban J connectivity index is 3.77. The molecule has 0 amide bonds. The van der Waals surface area contributed by atoms with E-state index in [-0.39, 0.29) is 0 Å². The van der Waals surface area contributed by atoms with E-state index < -0.39 is 0 Å². The standard InChI is InChI=1S/C12H20/c1-5-6-7-8-9-12(4)10-11(2)3/h5-6,9-10H,7-8H2,1-4H3. The van der Waals surface area contributed by atoms with Crippen molar-refractivity contribution in [1.29, 1.82) is 0 Å². The molecule has 0 aromatic rings. The first-order chi connectivity index (χ1) is 5.66. The van der Waals surface area contributed by atoms with Gasteiger partial charge in [0.25, 0.3) is 0 Å². The van der Waals surface area contributed by atoms with E-state index >= 15 is 0 Å². The van der Waals surface area contributed by atoms with Crippen molar-refractivity contribution in [2.24, 2.45) is 0 Å². The molecule has 0 heterocycles. The molecular weight excluding hydrogens is 144 g/mol. The Morgan fingerprint density at radius 3 is 2.25 bits per heavy atom. The second-order valence-electron chi connectivity index (χ2n) is 3.32. The Morgan fingerprint density at radius 1 is 1.08 bits per heavy atom. The van der Waals surface area contributed by atoms with E-state index in [1.54, 1.807) is 0 Å². The van der Waals surface area contributed by atoms with E-state index in [9.17, 15) is 0 Å². The van der Waals surface area contributed by atoms with Crippen molar-refractivity contribution in [3.05, 3.63) is 35.5 Å². The maximum absolute atomic E-state index is 2.28. The third kappa shape index (κ3) is 7.33. The lowest BCUT2D eigenvalue weighted by Crippen LogP contribution is -1.72. The zero-order valence-corrected chi connectivity index (χ0v) is 8.72. The molecule has 0 rings (SSSR count). The minimum absolute atomic E-state index is 1.15. The molecule has 0 unspecified atom stereocenters. The van der Waals surface area contributed by atoms with Crippen LogP contribution in [0.5, 0.6) is 0 Å². The first-order valence-corrected chi connectivity index (χ1v) is 4.59. The molecule has 68 valence electrons. The van der Waals surface area contributed by atoms with Crippen LogP contribution in [0.15, 0.2) is 35.5 Å². The quantitative estimate of drug-likeness (QED) is 0.331. The van der Waals surface area contributed by atoms with Crippen LogP contribution >= 0.6 is 0 Å². The molecule has 0 aliphatic heterocycles. The summed E-state index contributed by atoms with van der Waals surface area (Å²) in [5, 5.41) is 0. The first-order valence-electron chi connectivity index (χ1n) is 4.59. The molecule has 12 heavy (non-hydrogen) atoms. The fourth-order valence-electron chi connectivity index (χ4n) is 1.09. The highest BCUT2D eigenvalue weighted by atomic mass is 13.9. The Hall–Kier alpha value is -0.780. The molecule has 0 radical (unpaired) electrons. The lowest BCUT2D eigenvalue weighted by molar-refractivity contribution is 1.04. The zero-order chi connectivity index (χ0) is 9.40. The van der Waals surface area contributed by atoms with E-state index in [1.807, 2.05) is 0 Å². The molecule has 0 aliphatic rings. The third-order valence-electron chi connectivity index (χ3n) is 1.55. The van der Waals surface area contributed by atoms with Crippen molar-refractivity contribution >= 4 is 0 Å². The molecule has 0 spiro atoms. The van der Waals surface area contributed by atoms with Gasteiger partial charge in [0.2, 0.25) is 0 Å². The molecule has 0 N–H and O–H groups in total. The summed E-state index contributed by atoms with van der Waals surface area (Å²) in [7, 11) is 0. The summed E-state index contributed by atoms with van der Waals surface area (Å²) in [5.74, 6) is 0. The van der Waals surface area contributed by atoms with E-state index in [1.165, 1.54) is 11.1 Å². The summed E-state index contributed by atoms with van der Waals surface area (Å²) in [4.78, 5) is 0. The van der Waals surface area contributed by atoms with Crippen LogP contribution in [0, 0.1) is 0 Å². The second-order valence-corrected chi connectivity index (χ2v) is 3.32. The summed E-state index contributed by atoms with van der Waals surface area (Å²) in [6, 6.07) is 0. The van der Waals surface area contributed by atoms with Crippen LogP contribution in [0.4, 0.5) is 0 Å². The topological polar surface area (TPSA) is 0 Å². The average molecular weight is 164 g/mol. The SMILES string of the molecule is CC=CCCC=C(C)C=C(C)C. The molecule has 0 atom stereocenters. The highest BCUT2D eigenvalue weighted by Crippen LogP contribution is 2.03. The maximum atomic E-state index is 2.28. The van der Waals surface area contributed by atoms with Gasteiger partial charge in [-0.25, -0.2) is 0 Å². The summed E-state index contributed by atoms with van der Waals surface area (Å²) >= 11 is 0. The van der Waals surface area contributed by atoms with Gasteiger partial charge in [-0.1, -0.05) is 35.5 Å². The van der Waals surface area contributed by atoms with Crippen molar-refractivity contribution in [3.63, 3.8) is 0 Å². The van der Waals surface area contributed by atoms with Gasteiger partial charge in [-0.3, -0.25) is 0 Å². The van der Waals surface area contributed by atoms with E-state index in [0.29, 0.717) is 0 Å². The van der Waals surface area contributed by atoms with Crippen molar-refractivity contribution < 1.29 is 0 Å². The van der Waals surface area contributed by atoms with Crippen LogP contribution in [0.25, 0.3) is 0 Å². The number of allylic oxidation sites excluding steroid dienone is 6. The lowest BCUT2D eigenvalue weighted by atomic mass is 10.1. The van der Waals surface area contributed by atoms with E-state index in [4.69, 9.17) is 0 Å². The smallest absolute Gasteiger partial charge is 0.0310 e. The van der Waals surface area contributed by atoms with Crippen LogP contribution in [0.3, 0.4) is 0 Å².